The number of nitrogens with zero attached hydrogens (tertiary/aromatic N) is 1. The summed E-state index contributed by atoms with van der Waals surface area (Å²) in [6, 6.07) is 1.12. The lowest BCUT2D eigenvalue weighted by atomic mass is 9.99. The predicted octanol–water partition coefficient (Wildman–Crippen LogP) is 0.894. The van der Waals surface area contributed by atoms with Crippen LogP contribution < -0.4 is 5.73 Å². The fourth-order valence-electron chi connectivity index (χ4n) is 3.22. The Balaban J connectivity index is 1.99. The first-order chi connectivity index (χ1) is 7.57. The van der Waals surface area contributed by atoms with Gasteiger partial charge in [-0.15, -0.1) is 0 Å². The van der Waals surface area contributed by atoms with Crippen LogP contribution in [0.25, 0.3) is 0 Å². The third-order valence-corrected chi connectivity index (χ3v) is 4.19. The third kappa shape index (κ3) is 1.96. The first kappa shape index (κ1) is 11.9. The Morgan fingerprint density at radius 1 is 1.50 bits per heavy atom. The van der Waals surface area contributed by atoms with Crippen molar-refractivity contribution in [3.05, 3.63) is 0 Å². The van der Waals surface area contributed by atoms with Gasteiger partial charge in [-0.05, 0) is 45.6 Å². The summed E-state index contributed by atoms with van der Waals surface area (Å²) in [6.07, 6.45) is 5.08. The van der Waals surface area contributed by atoms with E-state index in [0.717, 1.165) is 25.8 Å². The van der Waals surface area contributed by atoms with Crippen LogP contribution in [0.2, 0.25) is 0 Å². The van der Waals surface area contributed by atoms with Crippen molar-refractivity contribution in [3.8, 4) is 0 Å². The molecule has 2 aliphatic rings. The van der Waals surface area contributed by atoms with Gasteiger partial charge in [0.25, 0.3) is 0 Å². The van der Waals surface area contributed by atoms with Gasteiger partial charge in [0.1, 0.15) is 5.54 Å². The SMILES string of the molecule is COC(=O)C1(N)CCC(N2CCCC2C)C1. The molecule has 4 heteroatoms. The number of nitrogens with two attached hydrogens (primary N) is 1. The van der Waals surface area contributed by atoms with Gasteiger partial charge in [0.05, 0.1) is 7.11 Å². The monoisotopic (exact) mass is 226 g/mol. The zero-order valence-electron chi connectivity index (χ0n) is 10.2. The molecule has 16 heavy (non-hydrogen) atoms. The molecule has 1 aliphatic heterocycles. The van der Waals surface area contributed by atoms with Crippen LogP contribution in [0.5, 0.6) is 0 Å². The number of rotatable bonds is 2. The number of methoxy groups -OCH3 is 1. The number of ether oxygens (including phenoxy) is 1. The van der Waals surface area contributed by atoms with Gasteiger partial charge in [-0.2, -0.15) is 0 Å². The zero-order valence-corrected chi connectivity index (χ0v) is 10.2. The maximum Gasteiger partial charge on any atom is 0.325 e. The van der Waals surface area contributed by atoms with E-state index in [4.69, 9.17) is 10.5 Å². The Kier molecular flexibility index (Phi) is 3.22. The molecule has 2 fully saturated rings. The standard InChI is InChI=1S/C12H22N2O2/c1-9-4-3-7-14(9)10-5-6-12(13,8-10)11(15)16-2/h9-10H,3-8,13H2,1-2H3. The molecule has 4 nitrogen and oxygen atoms in total. The summed E-state index contributed by atoms with van der Waals surface area (Å²) in [5.74, 6) is -0.248. The average Bonchev–Trinajstić information content (AvgIpc) is 2.84. The van der Waals surface area contributed by atoms with Crippen molar-refractivity contribution in [2.75, 3.05) is 13.7 Å². The highest BCUT2D eigenvalue weighted by Gasteiger charge is 2.45. The van der Waals surface area contributed by atoms with Crippen LogP contribution >= 0.6 is 0 Å². The van der Waals surface area contributed by atoms with E-state index in [-0.39, 0.29) is 5.97 Å². The molecule has 3 atom stereocenters. The van der Waals surface area contributed by atoms with E-state index in [1.807, 2.05) is 0 Å². The Labute approximate surface area is 97.1 Å². The molecule has 0 aromatic carbocycles. The van der Waals surface area contributed by atoms with E-state index in [1.165, 1.54) is 20.0 Å². The van der Waals surface area contributed by atoms with Crippen LogP contribution in [0, 0.1) is 0 Å². The second-order valence-corrected chi connectivity index (χ2v) is 5.27. The van der Waals surface area contributed by atoms with E-state index in [0.29, 0.717) is 12.1 Å². The molecule has 1 saturated heterocycles. The normalized spacial score (nSPS) is 40.2. The van der Waals surface area contributed by atoms with Crippen molar-refractivity contribution in [3.63, 3.8) is 0 Å². The first-order valence-electron chi connectivity index (χ1n) is 6.20. The molecule has 92 valence electrons. The van der Waals surface area contributed by atoms with Crippen molar-refractivity contribution < 1.29 is 9.53 Å². The fourth-order valence-corrected chi connectivity index (χ4v) is 3.22. The minimum atomic E-state index is -0.734. The zero-order chi connectivity index (χ0) is 11.8. The molecule has 2 rings (SSSR count). The van der Waals surface area contributed by atoms with Crippen LogP contribution in [0.1, 0.15) is 39.0 Å². The molecule has 1 aliphatic carbocycles. The largest absolute Gasteiger partial charge is 0.468 e. The van der Waals surface area contributed by atoms with Crippen molar-refractivity contribution in [2.24, 2.45) is 5.73 Å². The quantitative estimate of drug-likeness (QED) is 0.711. The smallest absolute Gasteiger partial charge is 0.325 e. The molecule has 0 bridgehead atoms. The predicted molar refractivity (Wildman–Crippen MR) is 62.0 cm³/mol. The lowest BCUT2D eigenvalue weighted by Crippen LogP contribution is -2.48. The van der Waals surface area contributed by atoms with Gasteiger partial charge in [-0.25, -0.2) is 0 Å². The molecule has 0 spiro atoms. The summed E-state index contributed by atoms with van der Waals surface area (Å²) in [5.41, 5.74) is 5.38. The van der Waals surface area contributed by atoms with Gasteiger partial charge in [-0.1, -0.05) is 0 Å². The summed E-state index contributed by atoms with van der Waals surface area (Å²) < 4.78 is 4.79. The molecular weight excluding hydrogens is 204 g/mol. The Morgan fingerprint density at radius 3 is 2.81 bits per heavy atom. The minimum absolute atomic E-state index is 0.248. The lowest BCUT2D eigenvalue weighted by molar-refractivity contribution is -0.147. The number of hydrogen-bond acceptors (Lipinski definition) is 4. The first-order valence-corrected chi connectivity index (χ1v) is 6.20. The van der Waals surface area contributed by atoms with E-state index < -0.39 is 5.54 Å². The van der Waals surface area contributed by atoms with E-state index in [2.05, 4.69) is 11.8 Å². The molecule has 0 aromatic rings. The fraction of sp³-hybridized carbons (Fsp3) is 0.917. The summed E-state index contributed by atoms with van der Waals surface area (Å²) >= 11 is 0. The highest BCUT2D eigenvalue weighted by molar-refractivity contribution is 5.81. The van der Waals surface area contributed by atoms with E-state index >= 15 is 0 Å². The number of likely N-dealkylation sites (tertiary alicyclic amines) is 1. The van der Waals surface area contributed by atoms with Crippen molar-refractivity contribution in [1.82, 2.24) is 4.90 Å². The van der Waals surface area contributed by atoms with Crippen LogP contribution in [-0.4, -0.2) is 42.1 Å². The Morgan fingerprint density at radius 2 is 2.25 bits per heavy atom. The van der Waals surface area contributed by atoms with Crippen LogP contribution in [0.3, 0.4) is 0 Å². The molecule has 0 amide bonds. The van der Waals surface area contributed by atoms with Crippen LogP contribution in [-0.2, 0) is 9.53 Å². The molecular formula is C12H22N2O2. The number of carbonyl (C=O) groups excluding carboxylic acids is 1. The molecule has 1 heterocycles. The van der Waals surface area contributed by atoms with Gasteiger partial charge in [0.15, 0.2) is 0 Å². The van der Waals surface area contributed by atoms with Gasteiger partial charge >= 0.3 is 5.97 Å². The highest BCUT2D eigenvalue weighted by Crippen LogP contribution is 2.35. The van der Waals surface area contributed by atoms with Crippen LogP contribution in [0.4, 0.5) is 0 Å². The Bertz CT molecular complexity index is 282. The number of carbonyl (C=O) groups is 1. The topological polar surface area (TPSA) is 55.6 Å². The molecule has 2 N–H and O–H groups in total. The summed E-state index contributed by atoms with van der Waals surface area (Å²) in [6.45, 7) is 3.42. The summed E-state index contributed by atoms with van der Waals surface area (Å²) in [4.78, 5) is 14.1. The summed E-state index contributed by atoms with van der Waals surface area (Å²) in [7, 11) is 1.42. The van der Waals surface area contributed by atoms with Gasteiger partial charge < -0.3 is 10.5 Å². The van der Waals surface area contributed by atoms with Crippen molar-refractivity contribution in [1.29, 1.82) is 0 Å². The van der Waals surface area contributed by atoms with Crippen molar-refractivity contribution in [2.45, 2.75) is 56.7 Å². The second-order valence-electron chi connectivity index (χ2n) is 5.27. The third-order valence-electron chi connectivity index (χ3n) is 4.19. The maximum atomic E-state index is 11.6. The lowest BCUT2D eigenvalue weighted by Gasteiger charge is -2.29. The van der Waals surface area contributed by atoms with E-state index in [9.17, 15) is 4.79 Å². The molecule has 1 saturated carbocycles. The van der Waals surface area contributed by atoms with E-state index in [1.54, 1.807) is 0 Å². The van der Waals surface area contributed by atoms with Gasteiger partial charge in [0, 0.05) is 12.1 Å². The van der Waals surface area contributed by atoms with Crippen molar-refractivity contribution >= 4 is 5.97 Å². The molecule has 0 radical (unpaired) electrons. The number of hydrogen-bond donors (Lipinski definition) is 1. The maximum absolute atomic E-state index is 11.6. The highest BCUT2D eigenvalue weighted by atomic mass is 16.5. The van der Waals surface area contributed by atoms with Crippen LogP contribution in [0.15, 0.2) is 0 Å². The van der Waals surface area contributed by atoms with Gasteiger partial charge in [-0.3, -0.25) is 9.69 Å². The van der Waals surface area contributed by atoms with Gasteiger partial charge in [0.2, 0.25) is 0 Å². The average molecular weight is 226 g/mol. The minimum Gasteiger partial charge on any atom is -0.468 e. The molecule has 0 aromatic heterocycles. The second kappa shape index (κ2) is 4.34. The Hall–Kier alpha value is -0.610. The molecule has 3 unspecified atom stereocenters. The summed E-state index contributed by atoms with van der Waals surface area (Å²) in [5, 5.41) is 0. The number of esters is 1.